The van der Waals surface area contributed by atoms with E-state index in [0.29, 0.717) is 24.0 Å². The molecule has 10 heteroatoms. The van der Waals surface area contributed by atoms with E-state index in [1.165, 1.54) is 12.1 Å². The number of rotatable bonds is 8. The van der Waals surface area contributed by atoms with E-state index in [9.17, 15) is 13.2 Å². The van der Waals surface area contributed by atoms with Gasteiger partial charge in [-0.25, -0.2) is 18.1 Å². The number of carbonyl (C=O) groups excluding carboxylic acids is 1. The van der Waals surface area contributed by atoms with E-state index in [0.717, 1.165) is 23.0 Å². The summed E-state index contributed by atoms with van der Waals surface area (Å²) in [5.41, 5.74) is 2.64. The van der Waals surface area contributed by atoms with Crippen LogP contribution in [0, 0.1) is 0 Å². The van der Waals surface area contributed by atoms with Gasteiger partial charge in [0.25, 0.3) is 5.91 Å². The van der Waals surface area contributed by atoms with Crippen LogP contribution in [0.5, 0.6) is 11.5 Å². The van der Waals surface area contributed by atoms with E-state index < -0.39 is 15.9 Å². The van der Waals surface area contributed by atoms with Gasteiger partial charge in [-0.15, -0.1) is 0 Å². The number of nitrogens with zero attached hydrogens (tertiary/aromatic N) is 2. The lowest BCUT2D eigenvalue weighted by Crippen LogP contribution is -2.24. The molecule has 0 spiro atoms. The number of nitrogens with one attached hydrogen (secondary N) is 2. The Morgan fingerprint density at radius 3 is 2.71 bits per heavy atom. The molecule has 3 aromatic carbocycles. The van der Waals surface area contributed by atoms with Gasteiger partial charge < -0.3 is 14.0 Å². The molecule has 1 aromatic heterocycles. The maximum Gasteiger partial charge on any atom is 0.258 e. The molecule has 0 saturated carbocycles. The number of aryl methyl sites for hydroxylation is 1. The lowest BCUT2D eigenvalue weighted by Gasteiger charge is -2.11. The number of sulfonamides is 1. The van der Waals surface area contributed by atoms with Crippen molar-refractivity contribution in [1.82, 2.24) is 14.3 Å². The van der Waals surface area contributed by atoms with Gasteiger partial charge in [-0.2, -0.15) is 0 Å². The Bertz CT molecular complexity index is 1510. The van der Waals surface area contributed by atoms with Crippen LogP contribution < -0.4 is 19.5 Å². The van der Waals surface area contributed by atoms with Crippen LogP contribution in [0.4, 0.5) is 5.95 Å². The highest BCUT2D eigenvalue weighted by Crippen LogP contribution is 2.32. The van der Waals surface area contributed by atoms with Crippen molar-refractivity contribution in [3.8, 4) is 11.5 Å². The number of anilines is 1. The van der Waals surface area contributed by atoms with Gasteiger partial charge in [-0.1, -0.05) is 31.2 Å². The highest BCUT2D eigenvalue weighted by molar-refractivity contribution is 7.89. The van der Waals surface area contributed by atoms with Crippen LogP contribution in [0.3, 0.4) is 0 Å². The Kier molecular flexibility index (Phi) is 6.14. The van der Waals surface area contributed by atoms with Crippen LogP contribution in [0.15, 0.2) is 71.6 Å². The van der Waals surface area contributed by atoms with E-state index in [2.05, 4.69) is 15.0 Å². The summed E-state index contributed by atoms with van der Waals surface area (Å²) in [7, 11) is -3.86. The van der Waals surface area contributed by atoms with Gasteiger partial charge in [-0.05, 0) is 54.4 Å². The molecule has 0 bridgehead atoms. The normalized spacial score (nSPS) is 12.7. The summed E-state index contributed by atoms with van der Waals surface area (Å²) in [6, 6.07) is 18.8. The average Bonchev–Trinajstić information content (AvgIpc) is 3.47. The van der Waals surface area contributed by atoms with Gasteiger partial charge in [0.05, 0.1) is 15.9 Å². The summed E-state index contributed by atoms with van der Waals surface area (Å²) in [4.78, 5) is 17.5. The van der Waals surface area contributed by atoms with Crippen molar-refractivity contribution in [2.75, 3.05) is 12.1 Å². The van der Waals surface area contributed by atoms with Gasteiger partial charge in [0.1, 0.15) is 0 Å². The van der Waals surface area contributed by atoms with Crippen LogP contribution in [0.1, 0.15) is 29.3 Å². The Morgan fingerprint density at radius 1 is 1.03 bits per heavy atom. The third-order valence-corrected chi connectivity index (χ3v) is 7.04. The van der Waals surface area contributed by atoms with E-state index in [4.69, 9.17) is 9.47 Å². The molecule has 4 aromatic rings. The fraction of sp³-hybridized carbons (Fsp3) is 0.200. The van der Waals surface area contributed by atoms with Crippen molar-refractivity contribution < 1.29 is 22.7 Å². The number of ether oxygens (including phenoxy) is 2. The van der Waals surface area contributed by atoms with Crippen LogP contribution in [-0.4, -0.2) is 30.7 Å². The van der Waals surface area contributed by atoms with Crippen molar-refractivity contribution in [3.05, 3.63) is 77.9 Å². The summed E-state index contributed by atoms with van der Waals surface area (Å²) in [6.45, 7) is 2.95. The van der Waals surface area contributed by atoms with E-state index in [1.54, 1.807) is 30.3 Å². The zero-order chi connectivity index (χ0) is 24.4. The second-order valence-corrected chi connectivity index (χ2v) is 9.84. The number of benzene rings is 3. The molecule has 1 aliphatic rings. The number of hydrogen-bond acceptors (Lipinski definition) is 6. The molecular weight excluding hydrogens is 468 g/mol. The molecule has 0 atom stereocenters. The summed E-state index contributed by atoms with van der Waals surface area (Å²) in [5, 5.41) is 2.83. The maximum atomic E-state index is 13.0. The smallest absolute Gasteiger partial charge is 0.258 e. The van der Waals surface area contributed by atoms with Crippen LogP contribution >= 0.6 is 0 Å². The van der Waals surface area contributed by atoms with Crippen molar-refractivity contribution in [2.45, 2.75) is 31.3 Å². The van der Waals surface area contributed by atoms with Gasteiger partial charge in [0.2, 0.25) is 22.8 Å². The topological polar surface area (TPSA) is 112 Å². The van der Waals surface area contributed by atoms with Crippen LogP contribution in [0.25, 0.3) is 11.0 Å². The number of aromatic nitrogens is 2. The third-order valence-electron chi connectivity index (χ3n) is 5.64. The quantitative estimate of drug-likeness (QED) is 0.386. The minimum atomic E-state index is -3.86. The predicted octanol–water partition coefficient (Wildman–Crippen LogP) is 3.91. The largest absolute Gasteiger partial charge is 0.454 e. The molecule has 0 aliphatic carbocycles. The van der Waals surface area contributed by atoms with Crippen LogP contribution in [0.2, 0.25) is 0 Å². The molecule has 1 amide bonds. The van der Waals surface area contributed by atoms with Gasteiger partial charge in [-0.3, -0.25) is 10.1 Å². The minimum Gasteiger partial charge on any atom is -0.454 e. The second kappa shape index (κ2) is 9.40. The highest BCUT2D eigenvalue weighted by atomic mass is 32.2. The molecule has 2 heterocycles. The Balaban J connectivity index is 1.33. The van der Waals surface area contributed by atoms with Crippen molar-refractivity contribution in [3.63, 3.8) is 0 Å². The number of hydrogen-bond donors (Lipinski definition) is 2. The Labute approximate surface area is 202 Å². The number of amides is 1. The predicted molar refractivity (Wildman–Crippen MR) is 131 cm³/mol. The standard InChI is InChI=1S/C25H24N4O5S/c1-2-12-29-21-9-4-3-8-20(21)27-25(29)28-24(30)18-6-5-7-19(14-18)35(31,32)26-15-17-10-11-22-23(13-17)34-16-33-22/h3-11,13-14,26H,2,12,15-16H2,1H3,(H,27,28,30). The van der Waals surface area contributed by atoms with Gasteiger partial charge in [0, 0.05) is 18.7 Å². The fourth-order valence-corrected chi connectivity index (χ4v) is 4.97. The van der Waals surface area contributed by atoms with Crippen LogP contribution in [-0.2, 0) is 23.1 Å². The zero-order valence-electron chi connectivity index (χ0n) is 19.0. The highest BCUT2D eigenvalue weighted by Gasteiger charge is 2.19. The van der Waals surface area contributed by atoms with E-state index >= 15 is 0 Å². The number of fused-ring (bicyclic) bond motifs is 2. The fourth-order valence-electron chi connectivity index (χ4n) is 3.91. The molecule has 0 radical (unpaired) electrons. The van der Waals surface area contributed by atoms with Crippen molar-refractivity contribution >= 4 is 32.9 Å². The SMILES string of the molecule is CCCn1c(NC(=O)c2cccc(S(=O)(=O)NCc3ccc4c(c3)OCO4)c2)nc2ccccc21. The van der Waals surface area contributed by atoms with Crippen molar-refractivity contribution in [2.24, 2.45) is 0 Å². The van der Waals surface area contributed by atoms with E-state index in [1.807, 2.05) is 35.8 Å². The van der Waals surface area contributed by atoms with E-state index in [-0.39, 0.29) is 23.8 Å². The summed E-state index contributed by atoms with van der Waals surface area (Å²) >= 11 is 0. The average molecular weight is 493 g/mol. The molecule has 180 valence electrons. The summed E-state index contributed by atoms with van der Waals surface area (Å²) < 4.78 is 41.0. The zero-order valence-corrected chi connectivity index (χ0v) is 19.8. The number of carbonyl (C=O) groups is 1. The molecule has 2 N–H and O–H groups in total. The summed E-state index contributed by atoms with van der Waals surface area (Å²) in [6.07, 6.45) is 0.867. The first-order valence-corrected chi connectivity index (χ1v) is 12.7. The molecule has 0 fully saturated rings. The lowest BCUT2D eigenvalue weighted by atomic mass is 10.2. The Hall–Kier alpha value is -3.89. The summed E-state index contributed by atoms with van der Waals surface area (Å²) in [5.74, 6) is 1.19. The van der Waals surface area contributed by atoms with Gasteiger partial charge in [0.15, 0.2) is 11.5 Å². The molecule has 5 rings (SSSR count). The molecular formula is C25H24N4O5S. The molecule has 1 aliphatic heterocycles. The first-order chi connectivity index (χ1) is 16.9. The number of imidazole rings is 1. The maximum absolute atomic E-state index is 13.0. The van der Waals surface area contributed by atoms with Gasteiger partial charge >= 0.3 is 0 Å². The Morgan fingerprint density at radius 2 is 1.86 bits per heavy atom. The molecule has 0 saturated heterocycles. The number of para-hydroxylation sites is 2. The molecule has 0 unspecified atom stereocenters. The lowest BCUT2D eigenvalue weighted by molar-refractivity contribution is 0.102. The van der Waals surface area contributed by atoms with Crippen molar-refractivity contribution in [1.29, 1.82) is 0 Å². The third kappa shape index (κ3) is 4.71. The minimum absolute atomic E-state index is 0.00652. The first kappa shape index (κ1) is 22.9. The molecule has 35 heavy (non-hydrogen) atoms. The first-order valence-electron chi connectivity index (χ1n) is 11.2. The molecule has 9 nitrogen and oxygen atoms in total. The monoisotopic (exact) mass is 492 g/mol. The second-order valence-electron chi connectivity index (χ2n) is 8.07.